The molecule has 0 bridgehead atoms. The molecule has 2 rings (SSSR count). The second-order valence-corrected chi connectivity index (χ2v) is 4.65. The summed E-state index contributed by atoms with van der Waals surface area (Å²) in [4.78, 5) is 24.7. The minimum Gasteiger partial charge on any atom is -0.450 e. The van der Waals surface area contributed by atoms with Crippen LogP contribution in [0.3, 0.4) is 0 Å². The maximum atomic E-state index is 12.9. The summed E-state index contributed by atoms with van der Waals surface area (Å²) in [5.74, 6) is -0.315. The largest absolute Gasteiger partial charge is 0.450 e. The Bertz CT molecular complexity index is 490. The smallest absolute Gasteiger partial charge is 0.407 e. The number of nitrogens with zero attached hydrogens (tertiary/aromatic N) is 1. The standard InChI is InChI=1S/C14H17FN2O3/c1-2-20-14(19)16-8-10-7-13(18)17(9-10)12-5-3-11(15)4-6-12/h3-6,10H,2,7-9H2,1H3,(H,16,19)/t10-/m0/s1. The summed E-state index contributed by atoms with van der Waals surface area (Å²) in [5.41, 5.74) is 0.676. The molecule has 1 saturated heterocycles. The van der Waals surface area contributed by atoms with Crippen LogP contribution in [-0.4, -0.2) is 31.7 Å². The zero-order valence-corrected chi connectivity index (χ0v) is 11.3. The van der Waals surface area contributed by atoms with Crippen LogP contribution in [0.5, 0.6) is 0 Å². The predicted octanol–water partition coefficient (Wildman–Crippen LogP) is 1.92. The van der Waals surface area contributed by atoms with Crippen molar-refractivity contribution in [2.24, 2.45) is 5.92 Å². The van der Waals surface area contributed by atoms with E-state index in [0.29, 0.717) is 31.8 Å². The number of amides is 2. The lowest BCUT2D eigenvalue weighted by atomic mass is 10.1. The van der Waals surface area contributed by atoms with Gasteiger partial charge in [0.15, 0.2) is 0 Å². The Balaban J connectivity index is 1.90. The van der Waals surface area contributed by atoms with E-state index in [9.17, 15) is 14.0 Å². The summed E-state index contributed by atoms with van der Waals surface area (Å²) in [6.07, 6.45) is -0.107. The lowest BCUT2D eigenvalue weighted by Crippen LogP contribution is -2.31. The van der Waals surface area contributed by atoms with Crippen LogP contribution >= 0.6 is 0 Å². The van der Waals surface area contributed by atoms with Gasteiger partial charge in [-0.3, -0.25) is 4.79 Å². The first-order valence-corrected chi connectivity index (χ1v) is 6.56. The van der Waals surface area contributed by atoms with Gasteiger partial charge < -0.3 is 15.0 Å². The molecule has 2 amide bonds. The molecule has 6 heteroatoms. The highest BCUT2D eigenvalue weighted by Gasteiger charge is 2.30. The number of rotatable bonds is 4. The second-order valence-electron chi connectivity index (χ2n) is 4.65. The van der Waals surface area contributed by atoms with Gasteiger partial charge in [0.05, 0.1) is 6.61 Å². The van der Waals surface area contributed by atoms with Crippen molar-refractivity contribution in [3.8, 4) is 0 Å². The Morgan fingerprint density at radius 2 is 2.15 bits per heavy atom. The van der Waals surface area contributed by atoms with E-state index in [1.165, 1.54) is 12.1 Å². The van der Waals surface area contributed by atoms with Crippen molar-refractivity contribution in [3.05, 3.63) is 30.1 Å². The van der Waals surface area contributed by atoms with Gasteiger partial charge in [-0.05, 0) is 31.2 Å². The molecule has 1 heterocycles. The summed E-state index contributed by atoms with van der Waals surface area (Å²) in [6.45, 7) is 2.95. The molecule has 108 valence electrons. The van der Waals surface area contributed by atoms with Crippen LogP contribution in [0, 0.1) is 11.7 Å². The number of alkyl carbamates (subject to hydrolysis) is 1. The minimum absolute atomic E-state index is 0.0210. The molecule has 5 nitrogen and oxygen atoms in total. The Hall–Kier alpha value is -2.11. The van der Waals surface area contributed by atoms with Crippen LogP contribution in [0.4, 0.5) is 14.9 Å². The van der Waals surface area contributed by atoms with E-state index in [2.05, 4.69) is 5.32 Å². The van der Waals surface area contributed by atoms with Gasteiger partial charge in [-0.25, -0.2) is 9.18 Å². The molecular weight excluding hydrogens is 263 g/mol. The topological polar surface area (TPSA) is 58.6 Å². The molecule has 0 radical (unpaired) electrons. The maximum Gasteiger partial charge on any atom is 0.407 e. The van der Waals surface area contributed by atoms with Gasteiger partial charge in [0.1, 0.15) is 5.82 Å². The van der Waals surface area contributed by atoms with E-state index in [-0.39, 0.29) is 17.6 Å². The number of hydrogen-bond acceptors (Lipinski definition) is 3. The first kappa shape index (κ1) is 14.3. The second kappa shape index (κ2) is 6.36. The zero-order chi connectivity index (χ0) is 14.5. The van der Waals surface area contributed by atoms with Gasteiger partial charge in [-0.15, -0.1) is 0 Å². The Kier molecular flexibility index (Phi) is 4.55. The molecule has 1 atom stereocenters. The minimum atomic E-state index is -0.472. The van der Waals surface area contributed by atoms with Gasteiger partial charge >= 0.3 is 6.09 Å². The number of anilines is 1. The molecule has 0 spiro atoms. The fraction of sp³-hybridized carbons (Fsp3) is 0.429. The first-order valence-electron chi connectivity index (χ1n) is 6.56. The highest BCUT2D eigenvalue weighted by Crippen LogP contribution is 2.24. The SMILES string of the molecule is CCOC(=O)NC[C@@H]1CC(=O)N(c2ccc(F)cc2)C1. The van der Waals surface area contributed by atoms with Crippen molar-refractivity contribution < 1.29 is 18.7 Å². The molecule has 1 aliphatic rings. The van der Waals surface area contributed by atoms with E-state index in [1.54, 1.807) is 24.0 Å². The van der Waals surface area contributed by atoms with Gasteiger partial charge in [-0.1, -0.05) is 0 Å². The molecule has 20 heavy (non-hydrogen) atoms. The molecule has 0 aromatic heterocycles. The lowest BCUT2D eigenvalue weighted by molar-refractivity contribution is -0.117. The van der Waals surface area contributed by atoms with Gasteiger partial charge in [0, 0.05) is 31.1 Å². The van der Waals surface area contributed by atoms with Crippen molar-refractivity contribution in [2.75, 3.05) is 24.6 Å². The van der Waals surface area contributed by atoms with E-state index in [1.807, 2.05) is 0 Å². The summed E-state index contributed by atoms with van der Waals surface area (Å²) < 4.78 is 17.6. The number of carbonyl (C=O) groups is 2. The van der Waals surface area contributed by atoms with Crippen LogP contribution in [0.25, 0.3) is 0 Å². The highest BCUT2D eigenvalue weighted by molar-refractivity contribution is 5.95. The number of halogens is 1. The molecule has 1 N–H and O–H groups in total. The molecule has 0 unspecified atom stereocenters. The molecule has 0 aliphatic carbocycles. The summed E-state index contributed by atoms with van der Waals surface area (Å²) in [7, 11) is 0. The van der Waals surface area contributed by atoms with Crippen molar-refractivity contribution in [1.29, 1.82) is 0 Å². The Morgan fingerprint density at radius 3 is 2.80 bits per heavy atom. The number of ether oxygens (including phenoxy) is 1. The summed E-state index contributed by atoms with van der Waals surface area (Å²) in [5, 5.41) is 2.63. The van der Waals surface area contributed by atoms with Crippen LogP contribution in [0.1, 0.15) is 13.3 Å². The van der Waals surface area contributed by atoms with Gasteiger partial charge in [0.25, 0.3) is 0 Å². The normalized spacial score (nSPS) is 18.2. The van der Waals surface area contributed by atoms with Gasteiger partial charge in [-0.2, -0.15) is 0 Å². The molecule has 1 fully saturated rings. The molecule has 0 saturated carbocycles. The molecule has 1 aromatic carbocycles. The van der Waals surface area contributed by atoms with E-state index < -0.39 is 6.09 Å². The average Bonchev–Trinajstić information content (AvgIpc) is 2.79. The Morgan fingerprint density at radius 1 is 1.45 bits per heavy atom. The van der Waals surface area contributed by atoms with Crippen molar-refractivity contribution in [3.63, 3.8) is 0 Å². The Labute approximate surface area is 116 Å². The van der Waals surface area contributed by atoms with Crippen molar-refractivity contribution in [1.82, 2.24) is 5.32 Å². The quantitative estimate of drug-likeness (QED) is 0.916. The number of hydrogen-bond donors (Lipinski definition) is 1. The lowest BCUT2D eigenvalue weighted by Gasteiger charge is -2.16. The van der Waals surface area contributed by atoms with E-state index >= 15 is 0 Å². The van der Waals surface area contributed by atoms with Crippen LogP contribution in [-0.2, 0) is 9.53 Å². The van der Waals surface area contributed by atoms with Crippen molar-refractivity contribution in [2.45, 2.75) is 13.3 Å². The molecular formula is C14H17FN2O3. The predicted molar refractivity (Wildman–Crippen MR) is 71.9 cm³/mol. The third kappa shape index (κ3) is 3.46. The third-order valence-electron chi connectivity index (χ3n) is 3.15. The third-order valence-corrected chi connectivity index (χ3v) is 3.15. The number of nitrogens with one attached hydrogen (secondary N) is 1. The first-order chi connectivity index (χ1) is 9.60. The summed E-state index contributed by atoms with van der Waals surface area (Å²) in [6, 6.07) is 5.81. The van der Waals surface area contributed by atoms with Crippen molar-refractivity contribution >= 4 is 17.7 Å². The molecule has 1 aliphatic heterocycles. The summed E-state index contributed by atoms with van der Waals surface area (Å²) >= 11 is 0. The monoisotopic (exact) mass is 280 g/mol. The van der Waals surface area contributed by atoms with Crippen LogP contribution in [0.2, 0.25) is 0 Å². The molecule has 1 aromatic rings. The fourth-order valence-corrected chi connectivity index (χ4v) is 2.20. The zero-order valence-electron chi connectivity index (χ0n) is 11.3. The van der Waals surface area contributed by atoms with Crippen LogP contribution < -0.4 is 10.2 Å². The van der Waals surface area contributed by atoms with E-state index in [0.717, 1.165) is 0 Å². The number of benzene rings is 1. The average molecular weight is 280 g/mol. The highest BCUT2D eigenvalue weighted by atomic mass is 19.1. The fourth-order valence-electron chi connectivity index (χ4n) is 2.20. The maximum absolute atomic E-state index is 12.9. The number of carbonyl (C=O) groups excluding carboxylic acids is 2. The van der Waals surface area contributed by atoms with Crippen LogP contribution in [0.15, 0.2) is 24.3 Å². The van der Waals surface area contributed by atoms with E-state index in [4.69, 9.17) is 4.74 Å². The van der Waals surface area contributed by atoms with Gasteiger partial charge in [0.2, 0.25) is 5.91 Å².